The fourth-order valence-corrected chi connectivity index (χ4v) is 2.13. The average Bonchev–Trinajstić information content (AvgIpc) is 2.88. The van der Waals surface area contributed by atoms with E-state index in [1.807, 2.05) is 0 Å². The molecule has 0 radical (unpaired) electrons. The molecule has 1 amide bonds. The van der Waals surface area contributed by atoms with E-state index in [-0.39, 0.29) is 18.4 Å². The van der Waals surface area contributed by atoms with Crippen molar-refractivity contribution in [2.75, 3.05) is 26.2 Å². The van der Waals surface area contributed by atoms with Crippen molar-refractivity contribution in [3.8, 4) is 0 Å². The van der Waals surface area contributed by atoms with Gasteiger partial charge in [-0.25, -0.2) is 0 Å². The van der Waals surface area contributed by atoms with Gasteiger partial charge in [-0.1, -0.05) is 0 Å². The standard InChI is InChI=1S/C11H18N2O3/c14-10(15)7-13(6-8-1-2-8)11(16)9-3-4-12-5-9/h8-9,12H,1-7H2,(H,14,15). The first-order valence-corrected chi connectivity index (χ1v) is 5.88. The van der Waals surface area contributed by atoms with Gasteiger partial charge < -0.3 is 15.3 Å². The predicted molar refractivity (Wildman–Crippen MR) is 57.9 cm³/mol. The molecule has 2 aliphatic rings. The molecule has 1 aliphatic heterocycles. The van der Waals surface area contributed by atoms with Crippen LogP contribution >= 0.6 is 0 Å². The van der Waals surface area contributed by atoms with E-state index in [9.17, 15) is 9.59 Å². The lowest BCUT2D eigenvalue weighted by atomic mass is 10.1. The summed E-state index contributed by atoms with van der Waals surface area (Å²) in [5.41, 5.74) is 0. The lowest BCUT2D eigenvalue weighted by molar-refractivity contribution is -0.146. The molecule has 5 heteroatoms. The van der Waals surface area contributed by atoms with E-state index in [0.29, 0.717) is 19.0 Å². The van der Waals surface area contributed by atoms with Crippen LogP contribution in [0.5, 0.6) is 0 Å². The molecule has 1 atom stereocenters. The molecule has 0 aromatic heterocycles. The summed E-state index contributed by atoms with van der Waals surface area (Å²) in [6.45, 7) is 2.04. The Morgan fingerprint density at radius 2 is 2.06 bits per heavy atom. The molecule has 90 valence electrons. The number of hydrogen-bond donors (Lipinski definition) is 2. The number of nitrogens with zero attached hydrogens (tertiary/aromatic N) is 1. The highest BCUT2D eigenvalue weighted by molar-refractivity contribution is 5.83. The maximum Gasteiger partial charge on any atom is 0.323 e. The Balaban J connectivity index is 1.92. The predicted octanol–water partition coefficient (Wildman–Crippen LogP) is -0.0809. The summed E-state index contributed by atoms with van der Waals surface area (Å²) in [6, 6.07) is 0. The number of carboxylic acids is 1. The van der Waals surface area contributed by atoms with Crippen LogP contribution in [0.3, 0.4) is 0 Å². The summed E-state index contributed by atoms with van der Waals surface area (Å²) < 4.78 is 0. The summed E-state index contributed by atoms with van der Waals surface area (Å²) in [5.74, 6) is -0.380. The van der Waals surface area contributed by atoms with Crippen LogP contribution in [0.4, 0.5) is 0 Å². The topological polar surface area (TPSA) is 69.6 Å². The van der Waals surface area contributed by atoms with Crippen LogP contribution in [-0.2, 0) is 9.59 Å². The summed E-state index contributed by atoms with van der Waals surface area (Å²) in [5, 5.41) is 11.9. The molecule has 1 saturated heterocycles. The lowest BCUT2D eigenvalue weighted by Crippen LogP contribution is -2.41. The first kappa shape index (κ1) is 11.4. The molecule has 0 bridgehead atoms. The van der Waals surface area contributed by atoms with Crippen LogP contribution in [0.1, 0.15) is 19.3 Å². The van der Waals surface area contributed by atoms with Gasteiger partial charge in [0.25, 0.3) is 0 Å². The maximum absolute atomic E-state index is 12.1. The SMILES string of the molecule is O=C(O)CN(CC1CC1)C(=O)C1CCNC1. The van der Waals surface area contributed by atoms with E-state index in [1.54, 1.807) is 0 Å². The summed E-state index contributed by atoms with van der Waals surface area (Å²) >= 11 is 0. The molecule has 16 heavy (non-hydrogen) atoms. The quantitative estimate of drug-likeness (QED) is 0.688. The molecule has 1 heterocycles. The van der Waals surface area contributed by atoms with Crippen LogP contribution in [0.15, 0.2) is 0 Å². The van der Waals surface area contributed by atoms with Crippen molar-refractivity contribution in [3.05, 3.63) is 0 Å². The van der Waals surface area contributed by atoms with E-state index < -0.39 is 5.97 Å². The molecule has 2 rings (SSSR count). The number of nitrogens with one attached hydrogen (secondary N) is 1. The second kappa shape index (κ2) is 4.82. The van der Waals surface area contributed by atoms with Crippen LogP contribution in [0.2, 0.25) is 0 Å². The molecule has 0 aromatic carbocycles. The van der Waals surface area contributed by atoms with Gasteiger partial charge in [0.2, 0.25) is 5.91 Å². The van der Waals surface area contributed by atoms with Gasteiger partial charge >= 0.3 is 5.97 Å². The highest BCUT2D eigenvalue weighted by atomic mass is 16.4. The number of aliphatic carboxylic acids is 1. The van der Waals surface area contributed by atoms with Crippen LogP contribution in [-0.4, -0.2) is 48.1 Å². The smallest absolute Gasteiger partial charge is 0.323 e. The Bertz CT molecular complexity index is 283. The van der Waals surface area contributed by atoms with Gasteiger partial charge in [-0.2, -0.15) is 0 Å². The van der Waals surface area contributed by atoms with Crippen LogP contribution in [0.25, 0.3) is 0 Å². The molecule has 2 N–H and O–H groups in total. The van der Waals surface area contributed by atoms with Gasteiger partial charge in [-0.3, -0.25) is 9.59 Å². The molecule has 1 aliphatic carbocycles. The fourth-order valence-electron chi connectivity index (χ4n) is 2.13. The second-order valence-electron chi connectivity index (χ2n) is 4.75. The molecular weight excluding hydrogens is 208 g/mol. The summed E-state index contributed by atoms with van der Waals surface area (Å²) in [6.07, 6.45) is 3.10. The normalized spacial score (nSPS) is 24.4. The molecular formula is C11H18N2O3. The number of amides is 1. The number of carboxylic acid groups (broad SMARTS) is 1. The Morgan fingerprint density at radius 3 is 2.56 bits per heavy atom. The maximum atomic E-state index is 12.1. The van der Waals surface area contributed by atoms with Crippen molar-refractivity contribution in [2.45, 2.75) is 19.3 Å². The largest absolute Gasteiger partial charge is 0.480 e. The Labute approximate surface area is 94.8 Å². The van der Waals surface area contributed by atoms with Gasteiger partial charge in [-0.15, -0.1) is 0 Å². The van der Waals surface area contributed by atoms with Gasteiger partial charge in [0.05, 0.1) is 5.92 Å². The van der Waals surface area contributed by atoms with E-state index >= 15 is 0 Å². The monoisotopic (exact) mass is 226 g/mol. The van der Waals surface area contributed by atoms with Crippen molar-refractivity contribution in [1.29, 1.82) is 0 Å². The van der Waals surface area contributed by atoms with Gasteiger partial charge in [-0.05, 0) is 31.7 Å². The lowest BCUT2D eigenvalue weighted by Gasteiger charge is -2.23. The molecule has 5 nitrogen and oxygen atoms in total. The van der Waals surface area contributed by atoms with Crippen LogP contribution < -0.4 is 5.32 Å². The third-order valence-electron chi connectivity index (χ3n) is 3.22. The minimum absolute atomic E-state index is 0.0132. The zero-order valence-corrected chi connectivity index (χ0v) is 9.32. The summed E-state index contributed by atoms with van der Waals surface area (Å²) in [4.78, 5) is 24.3. The third-order valence-corrected chi connectivity index (χ3v) is 3.22. The van der Waals surface area contributed by atoms with Crippen molar-refractivity contribution in [3.63, 3.8) is 0 Å². The van der Waals surface area contributed by atoms with E-state index in [0.717, 1.165) is 25.8 Å². The Hall–Kier alpha value is -1.10. The van der Waals surface area contributed by atoms with Gasteiger partial charge in [0.15, 0.2) is 0 Å². The molecule has 2 fully saturated rings. The van der Waals surface area contributed by atoms with Crippen molar-refractivity contribution in [2.24, 2.45) is 11.8 Å². The van der Waals surface area contributed by atoms with Crippen molar-refractivity contribution < 1.29 is 14.7 Å². The van der Waals surface area contributed by atoms with Crippen LogP contribution in [0, 0.1) is 11.8 Å². The first-order chi connectivity index (χ1) is 7.66. The Morgan fingerprint density at radius 1 is 1.31 bits per heavy atom. The Kier molecular flexibility index (Phi) is 3.43. The van der Waals surface area contributed by atoms with Crippen molar-refractivity contribution in [1.82, 2.24) is 10.2 Å². The second-order valence-corrected chi connectivity index (χ2v) is 4.75. The first-order valence-electron chi connectivity index (χ1n) is 5.88. The minimum atomic E-state index is -0.917. The van der Waals surface area contributed by atoms with Gasteiger partial charge in [0, 0.05) is 13.1 Å². The van der Waals surface area contributed by atoms with E-state index in [2.05, 4.69) is 5.32 Å². The molecule has 0 spiro atoms. The summed E-state index contributed by atoms with van der Waals surface area (Å²) in [7, 11) is 0. The average molecular weight is 226 g/mol. The zero-order valence-electron chi connectivity index (χ0n) is 9.32. The fraction of sp³-hybridized carbons (Fsp3) is 0.818. The molecule has 0 aromatic rings. The zero-order chi connectivity index (χ0) is 11.5. The third kappa shape index (κ3) is 2.95. The molecule has 1 saturated carbocycles. The highest BCUT2D eigenvalue weighted by Crippen LogP contribution is 2.30. The highest BCUT2D eigenvalue weighted by Gasteiger charge is 2.32. The van der Waals surface area contributed by atoms with Crippen molar-refractivity contribution >= 4 is 11.9 Å². The van der Waals surface area contributed by atoms with E-state index in [4.69, 9.17) is 5.11 Å². The minimum Gasteiger partial charge on any atom is -0.480 e. The number of hydrogen-bond acceptors (Lipinski definition) is 3. The number of carbonyl (C=O) groups is 2. The molecule has 1 unspecified atom stereocenters. The number of rotatable bonds is 5. The van der Waals surface area contributed by atoms with E-state index in [1.165, 1.54) is 4.90 Å². The van der Waals surface area contributed by atoms with Gasteiger partial charge in [0.1, 0.15) is 6.54 Å². The number of carbonyl (C=O) groups excluding carboxylic acids is 1.